The van der Waals surface area contributed by atoms with Gasteiger partial charge in [0, 0.05) is 17.9 Å². The van der Waals surface area contributed by atoms with Gasteiger partial charge in [0.15, 0.2) is 0 Å². The van der Waals surface area contributed by atoms with Crippen LogP contribution in [0.3, 0.4) is 0 Å². The molecule has 0 bridgehead atoms. The number of nitrogens with zero attached hydrogens (tertiary/aromatic N) is 2. The summed E-state index contributed by atoms with van der Waals surface area (Å²) in [4.78, 5) is 17.3. The number of allylic oxidation sites excluding steroid dienone is 5. The van der Waals surface area contributed by atoms with Gasteiger partial charge >= 0.3 is 5.97 Å². The van der Waals surface area contributed by atoms with E-state index in [9.17, 15) is 4.79 Å². The number of carbonyl (C=O) groups is 1. The zero-order chi connectivity index (χ0) is 15.1. The highest BCUT2D eigenvalue weighted by Crippen LogP contribution is 2.25. The first-order chi connectivity index (χ1) is 9.54. The molecule has 0 N–H and O–H groups in total. The Morgan fingerprint density at radius 1 is 1.30 bits per heavy atom. The first-order valence-electron chi connectivity index (χ1n) is 6.98. The van der Waals surface area contributed by atoms with Crippen LogP contribution in [0.25, 0.3) is 4.85 Å². The minimum Gasteiger partial charge on any atom is -0.471 e. The molecular formula is C16H22N2O2. The van der Waals surface area contributed by atoms with Gasteiger partial charge in [0.1, 0.15) is 0 Å². The Morgan fingerprint density at radius 2 is 1.90 bits per heavy atom. The average molecular weight is 274 g/mol. The van der Waals surface area contributed by atoms with E-state index in [1.165, 1.54) is 0 Å². The van der Waals surface area contributed by atoms with Gasteiger partial charge in [0.2, 0.25) is 0 Å². The third kappa shape index (κ3) is 3.74. The Balaban J connectivity index is 3.08. The maximum Gasteiger partial charge on any atom is 0.336 e. The average Bonchev–Trinajstić information content (AvgIpc) is 2.39. The van der Waals surface area contributed by atoms with Crippen LogP contribution in [-0.4, -0.2) is 24.0 Å². The Hall–Kier alpha value is -2.02. The number of esters is 1. The predicted octanol–water partition coefficient (Wildman–Crippen LogP) is 3.65. The Bertz CT molecular complexity index is 485. The summed E-state index contributed by atoms with van der Waals surface area (Å²) in [6, 6.07) is 0. The van der Waals surface area contributed by atoms with E-state index in [2.05, 4.69) is 16.7 Å². The second-order valence-electron chi connectivity index (χ2n) is 4.71. The summed E-state index contributed by atoms with van der Waals surface area (Å²) in [6.07, 6.45) is 6.01. The molecule has 0 aliphatic carbocycles. The van der Waals surface area contributed by atoms with E-state index in [1.807, 2.05) is 26.0 Å². The molecule has 0 spiro atoms. The molecule has 0 aromatic heterocycles. The number of hydrogen-bond donors (Lipinski definition) is 0. The van der Waals surface area contributed by atoms with Crippen molar-refractivity contribution < 1.29 is 9.53 Å². The Labute approximate surface area is 121 Å². The van der Waals surface area contributed by atoms with Gasteiger partial charge < -0.3 is 9.64 Å². The lowest BCUT2D eigenvalue weighted by molar-refractivity contribution is -0.138. The molecular weight excluding hydrogens is 252 g/mol. The smallest absolute Gasteiger partial charge is 0.336 e. The molecule has 4 heteroatoms. The molecule has 0 atom stereocenters. The van der Waals surface area contributed by atoms with Crippen LogP contribution in [0, 0.1) is 6.57 Å². The van der Waals surface area contributed by atoms with E-state index < -0.39 is 5.97 Å². The lowest BCUT2D eigenvalue weighted by Gasteiger charge is -2.30. The van der Waals surface area contributed by atoms with E-state index >= 15 is 0 Å². The van der Waals surface area contributed by atoms with Gasteiger partial charge in [-0.15, -0.1) is 0 Å². The lowest BCUT2D eigenvalue weighted by atomic mass is 10.1. The van der Waals surface area contributed by atoms with Crippen molar-refractivity contribution in [1.29, 1.82) is 0 Å². The van der Waals surface area contributed by atoms with Crippen LogP contribution in [0.4, 0.5) is 0 Å². The van der Waals surface area contributed by atoms with Crippen LogP contribution in [0.15, 0.2) is 34.8 Å². The van der Waals surface area contributed by atoms with E-state index in [4.69, 9.17) is 11.3 Å². The molecule has 0 saturated carbocycles. The van der Waals surface area contributed by atoms with Crippen LogP contribution < -0.4 is 0 Å². The topological polar surface area (TPSA) is 33.9 Å². The van der Waals surface area contributed by atoms with Gasteiger partial charge in [0.05, 0.1) is 13.2 Å². The summed E-state index contributed by atoms with van der Waals surface area (Å²) in [5, 5.41) is 0. The van der Waals surface area contributed by atoms with Gasteiger partial charge in [-0.25, -0.2) is 4.85 Å². The molecule has 0 aromatic rings. The van der Waals surface area contributed by atoms with Crippen LogP contribution >= 0.6 is 0 Å². The lowest BCUT2D eigenvalue weighted by Crippen LogP contribution is -2.24. The maximum atomic E-state index is 11.8. The second-order valence-corrected chi connectivity index (χ2v) is 4.71. The van der Waals surface area contributed by atoms with E-state index in [0.717, 1.165) is 30.8 Å². The summed E-state index contributed by atoms with van der Waals surface area (Å²) >= 11 is 0. The van der Waals surface area contributed by atoms with Crippen LogP contribution in [-0.2, 0) is 9.53 Å². The van der Waals surface area contributed by atoms with Gasteiger partial charge in [-0.1, -0.05) is 13.3 Å². The normalized spacial score (nSPS) is 14.3. The number of unbranched alkanes of at least 4 members (excludes halogenated alkanes) is 1. The molecule has 4 nitrogen and oxygen atoms in total. The van der Waals surface area contributed by atoms with E-state index in [0.29, 0.717) is 5.57 Å². The number of carbonyl (C=O) groups excluding carboxylic acids is 1. The fraction of sp³-hybridized carbons (Fsp3) is 0.500. The van der Waals surface area contributed by atoms with Crippen LogP contribution in [0.2, 0.25) is 0 Å². The molecule has 20 heavy (non-hydrogen) atoms. The van der Waals surface area contributed by atoms with Gasteiger partial charge in [0.25, 0.3) is 5.70 Å². The van der Waals surface area contributed by atoms with Crippen molar-refractivity contribution in [2.45, 2.75) is 40.5 Å². The maximum absolute atomic E-state index is 11.8. The minimum atomic E-state index is -0.549. The van der Waals surface area contributed by atoms with Crippen molar-refractivity contribution in [3.8, 4) is 0 Å². The minimum absolute atomic E-state index is 0.0562. The molecule has 1 heterocycles. The number of hydrogen-bond acceptors (Lipinski definition) is 3. The van der Waals surface area contributed by atoms with Crippen molar-refractivity contribution in [3.05, 3.63) is 46.2 Å². The SMILES string of the molecule is [C-]#[N+]C(C(=O)OCC)=C1C=C(C)N(CCCC)C(C)=C1. The molecule has 0 aromatic carbocycles. The molecule has 0 saturated heterocycles. The molecule has 0 fully saturated rings. The first kappa shape index (κ1) is 16.0. The van der Waals surface area contributed by atoms with Crippen LogP contribution in [0.1, 0.15) is 40.5 Å². The second kappa shape index (κ2) is 7.54. The Kier molecular flexibility index (Phi) is 6.05. The molecule has 1 aliphatic rings. The largest absolute Gasteiger partial charge is 0.471 e. The van der Waals surface area contributed by atoms with Gasteiger partial charge in [-0.2, -0.15) is 0 Å². The molecule has 0 radical (unpaired) electrons. The van der Waals surface area contributed by atoms with Crippen molar-refractivity contribution in [1.82, 2.24) is 4.90 Å². The summed E-state index contributed by atoms with van der Waals surface area (Å²) < 4.78 is 4.93. The quantitative estimate of drug-likeness (QED) is 0.436. The number of ether oxygens (including phenoxy) is 1. The van der Waals surface area contributed by atoms with E-state index in [-0.39, 0.29) is 12.3 Å². The molecule has 0 amide bonds. The summed E-state index contributed by atoms with van der Waals surface area (Å²) in [7, 11) is 0. The van der Waals surface area contributed by atoms with Gasteiger partial charge in [-0.05, 0) is 44.9 Å². The zero-order valence-corrected chi connectivity index (χ0v) is 12.7. The van der Waals surface area contributed by atoms with E-state index in [1.54, 1.807) is 6.92 Å². The summed E-state index contributed by atoms with van der Waals surface area (Å²) in [5.74, 6) is -0.549. The van der Waals surface area contributed by atoms with Crippen molar-refractivity contribution in [3.63, 3.8) is 0 Å². The summed E-state index contributed by atoms with van der Waals surface area (Å²) in [6.45, 7) is 16.3. The standard InChI is InChI=1S/C16H22N2O2/c1-6-8-9-18-12(3)10-14(11-13(18)4)15(17-5)16(19)20-7-2/h10-11H,6-9H2,1-4H3. The first-order valence-corrected chi connectivity index (χ1v) is 6.98. The highest BCUT2D eigenvalue weighted by molar-refractivity contribution is 5.92. The third-order valence-electron chi connectivity index (χ3n) is 3.17. The fourth-order valence-electron chi connectivity index (χ4n) is 2.16. The highest BCUT2D eigenvalue weighted by atomic mass is 16.5. The molecule has 108 valence electrons. The molecule has 0 unspecified atom stereocenters. The van der Waals surface area contributed by atoms with Crippen molar-refractivity contribution >= 4 is 5.97 Å². The molecule has 1 aliphatic heterocycles. The predicted molar refractivity (Wildman–Crippen MR) is 79.4 cm³/mol. The third-order valence-corrected chi connectivity index (χ3v) is 3.17. The number of rotatable bonds is 5. The fourth-order valence-corrected chi connectivity index (χ4v) is 2.16. The Morgan fingerprint density at radius 3 is 2.35 bits per heavy atom. The monoisotopic (exact) mass is 274 g/mol. The van der Waals surface area contributed by atoms with Gasteiger partial charge in [-0.3, -0.25) is 4.79 Å². The van der Waals surface area contributed by atoms with Crippen molar-refractivity contribution in [2.24, 2.45) is 0 Å². The van der Waals surface area contributed by atoms with Crippen LogP contribution in [0.5, 0.6) is 0 Å². The zero-order valence-electron chi connectivity index (χ0n) is 12.7. The molecule has 1 rings (SSSR count). The van der Waals surface area contributed by atoms with Crippen molar-refractivity contribution in [2.75, 3.05) is 13.2 Å². The summed E-state index contributed by atoms with van der Waals surface area (Å²) in [5.41, 5.74) is 2.81. The highest BCUT2D eigenvalue weighted by Gasteiger charge is 2.20.